The molecule has 0 N–H and O–H groups in total. The van der Waals surface area contributed by atoms with Crippen LogP contribution in [0.1, 0.15) is 348 Å². The van der Waals surface area contributed by atoms with Gasteiger partial charge in [0.05, 0.1) is 0 Å². The Bertz CT molecular complexity index is 1280. The van der Waals surface area contributed by atoms with E-state index in [9.17, 15) is 14.4 Å². The van der Waals surface area contributed by atoms with E-state index >= 15 is 0 Å². The molecule has 0 saturated carbocycles. The summed E-state index contributed by atoms with van der Waals surface area (Å²) in [5.41, 5.74) is 0. The predicted molar refractivity (Wildman–Crippen MR) is 321 cm³/mol. The van der Waals surface area contributed by atoms with Gasteiger partial charge in [-0.15, -0.1) is 0 Å². The van der Waals surface area contributed by atoms with Gasteiger partial charge in [-0.05, 0) is 83.5 Å². The van der Waals surface area contributed by atoms with Crippen LogP contribution in [0.3, 0.4) is 0 Å². The van der Waals surface area contributed by atoms with Crippen molar-refractivity contribution < 1.29 is 28.6 Å². The molecule has 0 amide bonds. The smallest absolute Gasteiger partial charge is 0.306 e. The largest absolute Gasteiger partial charge is 0.462 e. The van der Waals surface area contributed by atoms with Crippen molar-refractivity contribution >= 4 is 17.9 Å². The van der Waals surface area contributed by atoms with E-state index in [0.717, 1.165) is 77.0 Å². The maximum Gasteiger partial charge on any atom is 0.306 e. The van der Waals surface area contributed by atoms with Gasteiger partial charge in [-0.2, -0.15) is 0 Å². The molecule has 1 unspecified atom stereocenters. The molecule has 0 heterocycles. The Morgan fingerprint density at radius 1 is 0.270 bits per heavy atom. The molecule has 6 heteroatoms. The number of hydrogen-bond donors (Lipinski definition) is 0. The second kappa shape index (κ2) is 62.9. The monoisotopic (exact) mass is 1040 g/mol. The highest BCUT2D eigenvalue weighted by molar-refractivity contribution is 5.71. The van der Waals surface area contributed by atoms with E-state index in [1.165, 1.54) is 231 Å². The molecule has 0 aliphatic heterocycles. The first kappa shape index (κ1) is 71.4. The molecule has 0 radical (unpaired) electrons. The summed E-state index contributed by atoms with van der Waals surface area (Å²) in [5, 5.41) is 0. The van der Waals surface area contributed by atoms with Gasteiger partial charge < -0.3 is 14.2 Å². The standard InChI is InChI=1S/C68H124O6/c1-4-7-10-13-16-19-22-25-27-28-29-30-31-32-33-34-35-36-37-38-39-40-41-44-46-49-52-55-58-61-67(70)73-64-65(63-72-66(69)60-57-54-51-48-45-42-24-21-18-15-12-9-6-3)74-68(71)62-59-56-53-50-47-43-26-23-20-17-14-11-8-5-2/h22-23,25-26,28-29,31-32,65H,4-21,24,27,30,33-64H2,1-3H3/b25-22-,26-23-,29-28-,32-31-. The summed E-state index contributed by atoms with van der Waals surface area (Å²) >= 11 is 0. The summed E-state index contributed by atoms with van der Waals surface area (Å²) in [5.74, 6) is -0.862. The van der Waals surface area contributed by atoms with Crippen molar-refractivity contribution in [1.29, 1.82) is 0 Å². The lowest BCUT2D eigenvalue weighted by Gasteiger charge is -2.18. The SMILES string of the molecule is CCCCCCC/C=C\C/C=C\C/C=C\CCCCCCCCCCCCCCCCC(=O)OCC(COC(=O)CCCCCCCCCCCCCCC)OC(=O)CCCCCCC/C=C\CCCCCCC. The summed E-state index contributed by atoms with van der Waals surface area (Å²) < 4.78 is 16.9. The molecule has 0 aromatic heterocycles. The molecule has 6 nitrogen and oxygen atoms in total. The lowest BCUT2D eigenvalue weighted by Crippen LogP contribution is -2.30. The van der Waals surface area contributed by atoms with Gasteiger partial charge in [0.1, 0.15) is 13.2 Å². The average molecular weight is 1040 g/mol. The highest BCUT2D eigenvalue weighted by Gasteiger charge is 2.19. The second-order valence-electron chi connectivity index (χ2n) is 22.0. The van der Waals surface area contributed by atoms with Crippen molar-refractivity contribution in [2.75, 3.05) is 13.2 Å². The van der Waals surface area contributed by atoms with Crippen LogP contribution in [0.4, 0.5) is 0 Å². The van der Waals surface area contributed by atoms with Gasteiger partial charge in [0.2, 0.25) is 0 Å². The number of carbonyl (C=O) groups excluding carboxylic acids is 3. The van der Waals surface area contributed by atoms with Gasteiger partial charge in [0.15, 0.2) is 6.10 Å². The molecule has 0 spiro atoms. The topological polar surface area (TPSA) is 78.9 Å². The Balaban J connectivity index is 4.18. The third-order valence-corrected chi connectivity index (χ3v) is 14.6. The van der Waals surface area contributed by atoms with Crippen LogP contribution in [0.15, 0.2) is 48.6 Å². The third kappa shape index (κ3) is 60.2. The van der Waals surface area contributed by atoms with Gasteiger partial charge >= 0.3 is 17.9 Å². The molecule has 0 aliphatic carbocycles. The lowest BCUT2D eigenvalue weighted by molar-refractivity contribution is -0.167. The number of unbranched alkanes of at least 4 members (excludes halogenated alkanes) is 41. The normalized spacial score (nSPS) is 12.3. The summed E-state index contributed by atoms with van der Waals surface area (Å²) in [7, 11) is 0. The van der Waals surface area contributed by atoms with Crippen LogP contribution < -0.4 is 0 Å². The third-order valence-electron chi connectivity index (χ3n) is 14.6. The van der Waals surface area contributed by atoms with Crippen molar-refractivity contribution in [3.8, 4) is 0 Å². The Hall–Kier alpha value is -2.63. The fourth-order valence-corrected chi connectivity index (χ4v) is 9.62. The molecule has 0 aromatic rings. The number of rotatable bonds is 60. The fourth-order valence-electron chi connectivity index (χ4n) is 9.62. The van der Waals surface area contributed by atoms with Gasteiger partial charge in [-0.25, -0.2) is 0 Å². The number of allylic oxidation sites excluding steroid dienone is 8. The summed E-state index contributed by atoms with van der Waals surface area (Å²) in [4.78, 5) is 38.2. The van der Waals surface area contributed by atoms with Gasteiger partial charge in [-0.3, -0.25) is 14.4 Å². The van der Waals surface area contributed by atoms with Crippen molar-refractivity contribution in [1.82, 2.24) is 0 Å². The van der Waals surface area contributed by atoms with E-state index in [1.54, 1.807) is 0 Å². The first-order chi connectivity index (χ1) is 36.5. The molecule has 0 aliphatic rings. The number of hydrogen-bond acceptors (Lipinski definition) is 6. The molecule has 0 fully saturated rings. The maximum absolute atomic E-state index is 12.9. The molecule has 0 rings (SSSR count). The minimum atomic E-state index is -0.775. The minimum absolute atomic E-state index is 0.0720. The van der Waals surface area contributed by atoms with Gasteiger partial charge in [0, 0.05) is 19.3 Å². The molecule has 0 saturated heterocycles. The lowest BCUT2D eigenvalue weighted by atomic mass is 10.0. The highest BCUT2D eigenvalue weighted by atomic mass is 16.6. The van der Waals surface area contributed by atoms with E-state index in [-0.39, 0.29) is 31.1 Å². The summed E-state index contributed by atoms with van der Waals surface area (Å²) in [6.45, 7) is 6.66. The fraction of sp³-hybridized carbons (Fsp3) is 0.838. The van der Waals surface area contributed by atoms with Crippen LogP contribution in [0.5, 0.6) is 0 Å². The Kier molecular flexibility index (Phi) is 60.7. The molecule has 74 heavy (non-hydrogen) atoms. The van der Waals surface area contributed by atoms with Crippen LogP contribution in [-0.2, 0) is 28.6 Å². The van der Waals surface area contributed by atoms with Crippen molar-refractivity contribution in [3.63, 3.8) is 0 Å². The molecule has 1 atom stereocenters. The second-order valence-corrected chi connectivity index (χ2v) is 22.0. The first-order valence-electron chi connectivity index (χ1n) is 32.6. The Morgan fingerprint density at radius 3 is 0.770 bits per heavy atom. The van der Waals surface area contributed by atoms with E-state index in [1.807, 2.05) is 0 Å². The Morgan fingerprint density at radius 2 is 0.486 bits per heavy atom. The zero-order valence-corrected chi connectivity index (χ0v) is 49.6. The molecular formula is C68H124O6. The zero-order chi connectivity index (χ0) is 53.6. The molecule has 0 aromatic carbocycles. The van der Waals surface area contributed by atoms with E-state index in [2.05, 4.69) is 69.4 Å². The molecule has 0 bridgehead atoms. The molecular weight excluding hydrogens is 913 g/mol. The van der Waals surface area contributed by atoms with E-state index in [0.29, 0.717) is 19.3 Å². The van der Waals surface area contributed by atoms with Crippen LogP contribution in [0.2, 0.25) is 0 Å². The summed E-state index contributed by atoms with van der Waals surface area (Å²) in [6.07, 6.45) is 78.4. The van der Waals surface area contributed by atoms with Crippen molar-refractivity contribution in [2.24, 2.45) is 0 Å². The quantitative estimate of drug-likeness (QED) is 0.0261. The van der Waals surface area contributed by atoms with Crippen LogP contribution in [0, 0.1) is 0 Å². The van der Waals surface area contributed by atoms with E-state index in [4.69, 9.17) is 14.2 Å². The van der Waals surface area contributed by atoms with Gasteiger partial charge in [0.25, 0.3) is 0 Å². The van der Waals surface area contributed by atoms with Gasteiger partial charge in [-0.1, -0.05) is 294 Å². The predicted octanol–water partition coefficient (Wildman–Crippen LogP) is 22.2. The van der Waals surface area contributed by atoms with Crippen LogP contribution in [-0.4, -0.2) is 37.2 Å². The number of carbonyl (C=O) groups is 3. The minimum Gasteiger partial charge on any atom is -0.462 e. The first-order valence-corrected chi connectivity index (χ1v) is 32.6. The number of esters is 3. The van der Waals surface area contributed by atoms with Crippen LogP contribution in [0.25, 0.3) is 0 Å². The van der Waals surface area contributed by atoms with Crippen LogP contribution >= 0.6 is 0 Å². The van der Waals surface area contributed by atoms with Crippen molar-refractivity contribution in [3.05, 3.63) is 48.6 Å². The van der Waals surface area contributed by atoms with E-state index < -0.39 is 6.10 Å². The highest BCUT2D eigenvalue weighted by Crippen LogP contribution is 2.17. The Labute approximate surface area is 460 Å². The maximum atomic E-state index is 12.9. The number of ether oxygens (including phenoxy) is 3. The van der Waals surface area contributed by atoms with Crippen molar-refractivity contribution in [2.45, 2.75) is 354 Å². The summed E-state index contributed by atoms with van der Waals surface area (Å²) in [6, 6.07) is 0. The molecule has 432 valence electrons. The zero-order valence-electron chi connectivity index (χ0n) is 49.6. The average Bonchev–Trinajstić information content (AvgIpc) is 3.40.